The van der Waals surface area contributed by atoms with Gasteiger partial charge in [0.15, 0.2) is 0 Å². The summed E-state index contributed by atoms with van der Waals surface area (Å²) >= 11 is 0. The van der Waals surface area contributed by atoms with Gasteiger partial charge in [0.25, 0.3) is 5.91 Å². The molecule has 1 amide bonds. The van der Waals surface area contributed by atoms with E-state index in [2.05, 4.69) is 25.1 Å². The van der Waals surface area contributed by atoms with E-state index >= 15 is 0 Å². The summed E-state index contributed by atoms with van der Waals surface area (Å²) < 4.78 is 5.42. The predicted octanol–water partition coefficient (Wildman–Crippen LogP) is 2.70. The SMILES string of the molecule is Cc1cccc2c1N(C(=O)COC(C)C)CCC2. The highest BCUT2D eigenvalue weighted by molar-refractivity contribution is 5.96. The molecule has 18 heavy (non-hydrogen) atoms. The summed E-state index contributed by atoms with van der Waals surface area (Å²) in [5.74, 6) is 0.0685. The Hall–Kier alpha value is -1.35. The summed E-state index contributed by atoms with van der Waals surface area (Å²) in [5, 5.41) is 0. The van der Waals surface area contributed by atoms with Crippen LogP contribution in [0.2, 0.25) is 0 Å². The summed E-state index contributed by atoms with van der Waals surface area (Å²) in [6.07, 6.45) is 2.19. The van der Waals surface area contributed by atoms with Crippen LogP contribution >= 0.6 is 0 Å². The maximum Gasteiger partial charge on any atom is 0.253 e. The molecule has 0 unspecified atom stereocenters. The van der Waals surface area contributed by atoms with Crippen LogP contribution < -0.4 is 4.90 Å². The molecule has 1 aliphatic rings. The molecule has 1 heterocycles. The van der Waals surface area contributed by atoms with Crippen molar-refractivity contribution in [2.75, 3.05) is 18.1 Å². The highest BCUT2D eigenvalue weighted by Crippen LogP contribution is 2.30. The van der Waals surface area contributed by atoms with Crippen LogP contribution in [-0.4, -0.2) is 25.2 Å². The van der Waals surface area contributed by atoms with E-state index in [1.54, 1.807) is 0 Å². The highest BCUT2D eigenvalue weighted by atomic mass is 16.5. The average Bonchev–Trinajstić information content (AvgIpc) is 2.35. The lowest BCUT2D eigenvalue weighted by atomic mass is 9.98. The molecule has 0 atom stereocenters. The highest BCUT2D eigenvalue weighted by Gasteiger charge is 2.23. The quantitative estimate of drug-likeness (QED) is 0.822. The first kappa shape index (κ1) is 13.1. The van der Waals surface area contributed by atoms with Gasteiger partial charge in [0.1, 0.15) is 6.61 Å². The lowest BCUT2D eigenvalue weighted by Crippen LogP contribution is -2.39. The van der Waals surface area contributed by atoms with Gasteiger partial charge >= 0.3 is 0 Å². The second-order valence-electron chi connectivity index (χ2n) is 5.09. The molecule has 0 bridgehead atoms. The third-order valence-corrected chi connectivity index (χ3v) is 3.26. The van der Waals surface area contributed by atoms with E-state index in [0.717, 1.165) is 25.1 Å². The second-order valence-corrected chi connectivity index (χ2v) is 5.09. The fraction of sp³-hybridized carbons (Fsp3) is 0.533. The van der Waals surface area contributed by atoms with Gasteiger partial charge in [0.2, 0.25) is 0 Å². The summed E-state index contributed by atoms with van der Waals surface area (Å²) in [4.78, 5) is 14.1. The first-order chi connectivity index (χ1) is 8.59. The Morgan fingerprint density at radius 1 is 1.44 bits per heavy atom. The molecule has 0 aliphatic carbocycles. The van der Waals surface area contributed by atoms with Gasteiger partial charge in [0.05, 0.1) is 6.10 Å². The predicted molar refractivity (Wildman–Crippen MR) is 72.9 cm³/mol. The van der Waals surface area contributed by atoms with Crippen molar-refractivity contribution >= 4 is 11.6 Å². The standard InChI is InChI=1S/C15H21NO2/c1-11(2)18-10-14(17)16-9-5-8-13-7-4-6-12(3)15(13)16/h4,6-7,11H,5,8-10H2,1-3H3. The van der Waals surface area contributed by atoms with Crippen LogP contribution in [0.1, 0.15) is 31.4 Å². The average molecular weight is 247 g/mol. The van der Waals surface area contributed by atoms with Gasteiger partial charge in [-0.1, -0.05) is 18.2 Å². The summed E-state index contributed by atoms with van der Waals surface area (Å²) in [6, 6.07) is 6.24. The molecule has 3 heteroatoms. The number of anilines is 1. The number of para-hydroxylation sites is 1. The molecule has 0 saturated carbocycles. The van der Waals surface area contributed by atoms with Gasteiger partial charge in [-0.2, -0.15) is 0 Å². The zero-order valence-electron chi connectivity index (χ0n) is 11.4. The van der Waals surface area contributed by atoms with Crippen LogP contribution in [-0.2, 0) is 16.0 Å². The fourth-order valence-corrected chi connectivity index (χ4v) is 2.41. The molecule has 0 spiro atoms. The molecule has 1 aromatic carbocycles. The maximum absolute atomic E-state index is 12.2. The number of amides is 1. The molecule has 0 aromatic heterocycles. The van der Waals surface area contributed by atoms with Crippen molar-refractivity contribution in [3.8, 4) is 0 Å². The Balaban J connectivity index is 2.19. The molecule has 0 fully saturated rings. The second kappa shape index (κ2) is 5.53. The van der Waals surface area contributed by atoms with Crippen molar-refractivity contribution in [2.45, 2.75) is 39.7 Å². The summed E-state index contributed by atoms with van der Waals surface area (Å²) in [6.45, 7) is 6.93. The van der Waals surface area contributed by atoms with Gasteiger partial charge in [0, 0.05) is 12.2 Å². The molecule has 0 saturated heterocycles. The van der Waals surface area contributed by atoms with E-state index in [1.165, 1.54) is 11.1 Å². The van der Waals surface area contributed by atoms with Gasteiger partial charge < -0.3 is 9.64 Å². The molecule has 3 nitrogen and oxygen atoms in total. The number of carbonyl (C=O) groups is 1. The van der Waals surface area contributed by atoms with Crippen LogP contribution in [0.4, 0.5) is 5.69 Å². The van der Waals surface area contributed by atoms with Crippen molar-refractivity contribution in [1.29, 1.82) is 0 Å². The normalized spacial score (nSPS) is 14.8. The van der Waals surface area contributed by atoms with Crippen molar-refractivity contribution in [1.82, 2.24) is 0 Å². The number of fused-ring (bicyclic) bond motifs is 1. The lowest BCUT2D eigenvalue weighted by Gasteiger charge is -2.31. The van der Waals surface area contributed by atoms with Crippen molar-refractivity contribution < 1.29 is 9.53 Å². The molecular formula is C15H21NO2. The Kier molecular flexibility index (Phi) is 4.02. The molecular weight excluding hydrogens is 226 g/mol. The Labute approximate surface area is 109 Å². The van der Waals surface area contributed by atoms with Crippen LogP contribution in [0.15, 0.2) is 18.2 Å². The number of benzene rings is 1. The number of rotatable bonds is 3. The number of aryl methyl sites for hydroxylation is 2. The zero-order valence-corrected chi connectivity index (χ0v) is 11.4. The third-order valence-electron chi connectivity index (χ3n) is 3.26. The maximum atomic E-state index is 12.2. The van der Waals surface area contributed by atoms with Crippen LogP contribution in [0.5, 0.6) is 0 Å². The van der Waals surface area contributed by atoms with E-state index in [-0.39, 0.29) is 18.6 Å². The number of nitrogens with zero attached hydrogens (tertiary/aromatic N) is 1. The van der Waals surface area contributed by atoms with Crippen molar-refractivity contribution in [3.63, 3.8) is 0 Å². The minimum Gasteiger partial charge on any atom is -0.369 e. The van der Waals surface area contributed by atoms with Crippen molar-refractivity contribution in [2.24, 2.45) is 0 Å². The van der Waals surface area contributed by atoms with Crippen LogP contribution in [0.25, 0.3) is 0 Å². The van der Waals surface area contributed by atoms with Crippen molar-refractivity contribution in [3.05, 3.63) is 29.3 Å². The van der Waals surface area contributed by atoms with Gasteiger partial charge in [-0.05, 0) is 44.7 Å². The Morgan fingerprint density at radius 2 is 2.22 bits per heavy atom. The van der Waals surface area contributed by atoms with Gasteiger partial charge in [-0.3, -0.25) is 4.79 Å². The smallest absolute Gasteiger partial charge is 0.253 e. The number of hydrogen-bond acceptors (Lipinski definition) is 2. The van der Waals surface area contributed by atoms with E-state index in [9.17, 15) is 4.79 Å². The Morgan fingerprint density at radius 3 is 2.94 bits per heavy atom. The van der Waals surface area contributed by atoms with E-state index in [4.69, 9.17) is 4.74 Å². The Bertz CT molecular complexity index is 440. The topological polar surface area (TPSA) is 29.5 Å². The minimum atomic E-state index is 0.0685. The number of carbonyl (C=O) groups excluding carboxylic acids is 1. The van der Waals surface area contributed by atoms with E-state index in [1.807, 2.05) is 18.7 Å². The monoisotopic (exact) mass is 247 g/mol. The van der Waals surface area contributed by atoms with E-state index < -0.39 is 0 Å². The number of hydrogen-bond donors (Lipinski definition) is 0. The first-order valence-corrected chi connectivity index (χ1v) is 6.60. The zero-order chi connectivity index (χ0) is 13.1. The van der Waals surface area contributed by atoms with Crippen LogP contribution in [0, 0.1) is 6.92 Å². The largest absolute Gasteiger partial charge is 0.369 e. The van der Waals surface area contributed by atoms with Gasteiger partial charge in [-0.25, -0.2) is 0 Å². The molecule has 1 aromatic rings. The molecule has 98 valence electrons. The van der Waals surface area contributed by atoms with Crippen LogP contribution in [0.3, 0.4) is 0 Å². The third kappa shape index (κ3) is 2.72. The first-order valence-electron chi connectivity index (χ1n) is 6.60. The van der Waals surface area contributed by atoms with E-state index in [0.29, 0.717) is 0 Å². The fourth-order valence-electron chi connectivity index (χ4n) is 2.41. The minimum absolute atomic E-state index is 0.0685. The lowest BCUT2D eigenvalue weighted by molar-refractivity contribution is -0.124. The summed E-state index contributed by atoms with van der Waals surface area (Å²) in [7, 11) is 0. The summed E-state index contributed by atoms with van der Waals surface area (Å²) in [5.41, 5.74) is 3.55. The molecule has 0 radical (unpaired) electrons. The van der Waals surface area contributed by atoms with Gasteiger partial charge in [-0.15, -0.1) is 0 Å². The molecule has 2 rings (SSSR count). The number of ether oxygens (including phenoxy) is 1. The molecule has 0 N–H and O–H groups in total. The molecule has 1 aliphatic heterocycles.